The molecule has 0 spiro atoms. The summed E-state index contributed by atoms with van der Waals surface area (Å²) in [6.07, 6.45) is 4.73. The molecular formula is C30H38N6O3S. The fourth-order valence-electron chi connectivity index (χ4n) is 5.41. The van der Waals surface area contributed by atoms with Gasteiger partial charge in [0.05, 0.1) is 0 Å². The average Bonchev–Trinajstić information content (AvgIpc) is 3.58. The number of nitrogens with zero attached hydrogens (tertiary/aromatic N) is 4. The number of carbonyl (C=O) groups is 3. The molecule has 3 heterocycles. The molecule has 2 N–H and O–H groups in total. The highest BCUT2D eigenvalue weighted by Gasteiger charge is 2.30. The molecule has 40 heavy (non-hydrogen) atoms. The van der Waals surface area contributed by atoms with E-state index in [4.69, 9.17) is 5.10 Å². The molecule has 212 valence electrons. The van der Waals surface area contributed by atoms with Crippen molar-refractivity contribution in [3.8, 4) is 10.6 Å². The third-order valence-corrected chi connectivity index (χ3v) is 8.49. The highest BCUT2D eigenvalue weighted by molar-refractivity contribution is 7.13. The second-order valence-corrected chi connectivity index (χ2v) is 12.0. The maximum absolute atomic E-state index is 13.4. The predicted molar refractivity (Wildman–Crippen MR) is 155 cm³/mol. The van der Waals surface area contributed by atoms with Crippen molar-refractivity contribution in [3.63, 3.8) is 0 Å². The minimum absolute atomic E-state index is 0.0195. The van der Waals surface area contributed by atoms with E-state index in [9.17, 15) is 14.4 Å². The fourth-order valence-corrected chi connectivity index (χ4v) is 6.21. The number of thiazole rings is 1. The quantitative estimate of drug-likeness (QED) is 0.487. The molecule has 2 bridgehead atoms. The first-order valence-electron chi connectivity index (χ1n) is 14.4. The smallest absolute Gasteiger partial charge is 0.273 e. The zero-order valence-corrected chi connectivity index (χ0v) is 24.1. The van der Waals surface area contributed by atoms with Gasteiger partial charge in [0.1, 0.15) is 10.7 Å². The standard InChI is InChI=1S/C30H38N6O3S/c1-20(2)13-17-36-25-12-11-22-18-23(25)27(34-36)28(38)31-14-7-16-35(15-6-10-26(37)32-22)30(39)24-19-40-29(33-24)21-8-4-3-5-9-21/h3-5,8-9,19-20,22H,6-7,10-18H2,1-2H3,(H,31,38)(H,32,37). The Hall–Kier alpha value is -3.53. The number of nitrogens with one attached hydrogen (secondary N) is 2. The molecule has 1 aliphatic carbocycles. The van der Waals surface area contributed by atoms with Crippen LogP contribution in [0.3, 0.4) is 0 Å². The lowest BCUT2D eigenvalue weighted by Crippen LogP contribution is -2.40. The van der Waals surface area contributed by atoms with Crippen molar-refractivity contribution < 1.29 is 14.4 Å². The zero-order chi connectivity index (χ0) is 28.1. The van der Waals surface area contributed by atoms with Crippen LogP contribution >= 0.6 is 11.3 Å². The molecule has 9 nitrogen and oxygen atoms in total. The van der Waals surface area contributed by atoms with Gasteiger partial charge in [-0.3, -0.25) is 19.1 Å². The molecule has 2 aromatic heterocycles. The third-order valence-electron chi connectivity index (χ3n) is 7.60. The first-order chi connectivity index (χ1) is 19.4. The zero-order valence-electron chi connectivity index (χ0n) is 23.3. The molecule has 1 atom stereocenters. The monoisotopic (exact) mass is 562 g/mol. The van der Waals surface area contributed by atoms with Gasteiger partial charge in [-0.2, -0.15) is 5.10 Å². The van der Waals surface area contributed by atoms with Crippen molar-refractivity contribution in [2.75, 3.05) is 19.6 Å². The van der Waals surface area contributed by atoms with Gasteiger partial charge in [-0.05, 0) is 44.4 Å². The van der Waals surface area contributed by atoms with Crippen LogP contribution in [0.2, 0.25) is 0 Å². The summed E-state index contributed by atoms with van der Waals surface area (Å²) in [4.78, 5) is 45.9. The molecule has 1 aromatic carbocycles. The third kappa shape index (κ3) is 6.60. The second-order valence-electron chi connectivity index (χ2n) is 11.1. The summed E-state index contributed by atoms with van der Waals surface area (Å²) in [6.45, 7) is 6.50. The maximum Gasteiger partial charge on any atom is 0.273 e. The number of aryl methyl sites for hydroxylation is 1. The Labute approximate surface area is 239 Å². The molecule has 0 saturated carbocycles. The largest absolute Gasteiger partial charge is 0.353 e. The Morgan fingerprint density at radius 2 is 1.93 bits per heavy atom. The molecule has 3 aromatic rings. The van der Waals surface area contributed by atoms with Crippen LogP contribution in [0.25, 0.3) is 10.6 Å². The van der Waals surface area contributed by atoms with Crippen molar-refractivity contribution in [1.82, 2.24) is 30.3 Å². The van der Waals surface area contributed by atoms with Gasteiger partial charge in [-0.1, -0.05) is 44.2 Å². The lowest BCUT2D eigenvalue weighted by molar-refractivity contribution is -0.122. The van der Waals surface area contributed by atoms with Crippen molar-refractivity contribution in [1.29, 1.82) is 0 Å². The molecule has 1 unspecified atom stereocenters. The summed E-state index contributed by atoms with van der Waals surface area (Å²) in [7, 11) is 0. The summed E-state index contributed by atoms with van der Waals surface area (Å²) in [6, 6.07) is 9.78. The van der Waals surface area contributed by atoms with Gasteiger partial charge in [0.2, 0.25) is 5.91 Å². The normalized spacial score (nSPS) is 18.6. The second kappa shape index (κ2) is 12.8. The number of benzene rings is 1. The molecule has 1 aliphatic heterocycles. The van der Waals surface area contributed by atoms with Crippen LogP contribution in [0.1, 0.15) is 78.2 Å². The molecule has 2 aliphatic rings. The summed E-state index contributed by atoms with van der Waals surface area (Å²) in [5.41, 5.74) is 3.93. The lowest BCUT2D eigenvalue weighted by atomic mass is 9.91. The number of amides is 3. The molecular weight excluding hydrogens is 524 g/mol. The van der Waals surface area contributed by atoms with Crippen LogP contribution in [0.4, 0.5) is 0 Å². The Balaban J connectivity index is 1.31. The first-order valence-corrected chi connectivity index (χ1v) is 15.2. The van der Waals surface area contributed by atoms with Gasteiger partial charge >= 0.3 is 0 Å². The summed E-state index contributed by atoms with van der Waals surface area (Å²) in [5.74, 6) is 0.180. The van der Waals surface area contributed by atoms with E-state index in [2.05, 4.69) is 29.5 Å². The van der Waals surface area contributed by atoms with E-state index in [-0.39, 0.29) is 23.8 Å². The highest BCUT2D eigenvalue weighted by Crippen LogP contribution is 2.27. The number of fused-ring (bicyclic) bond motifs is 1. The molecule has 0 saturated heterocycles. The molecule has 0 fully saturated rings. The van der Waals surface area contributed by atoms with Gasteiger partial charge < -0.3 is 15.5 Å². The van der Waals surface area contributed by atoms with Gasteiger partial charge in [0.15, 0.2) is 5.69 Å². The number of rotatable bonds is 5. The van der Waals surface area contributed by atoms with Crippen LogP contribution in [0.5, 0.6) is 0 Å². The first kappa shape index (κ1) is 28.0. The van der Waals surface area contributed by atoms with Crippen LogP contribution in [0.15, 0.2) is 35.7 Å². The Kier molecular flexibility index (Phi) is 8.94. The predicted octanol–water partition coefficient (Wildman–Crippen LogP) is 4.08. The van der Waals surface area contributed by atoms with E-state index in [1.807, 2.05) is 35.0 Å². The van der Waals surface area contributed by atoms with Crippen molar-refractivity contribution >= 4 is 29.1 Å². The van der Waals surface area contributed by atoms with Crippen molar-refractivity contribution in [2.24, 2.45) is 5.92 Å². The van der Waals surface area contributed by atoms with Gasteiger partial charge in [-0.15, -0.1) is 11.3 Å². The highest BCUT2D eigenvalue weighted by atomic mass is 32.1. The summed E-state index contributed by atoms with van der Waals surface area (Å²) < 4.78 is 2.00. The van der Waals surface area contributed by atoms with Crippen molar-refractivity contribution in [2.45, 2.75) is 71.4 Å². The van der Waals surface area contributed by atoms with E-state index in [0.29, 0.717) is 62.6 Å². The van der Waals surface area contributed by atoms with Crippen LogP contribution < -0.4 is 10.6 Å². The summed E-state index contributed by atoms with van der Waals surface area (Å²) >= 11 is 1.45. The van der Waals surface area contributed by atoms with Gasteiger partial charge in [-0.25, -0.2) is 4.98 Å². The maximum atomic E-state index is 13.4. The average molecular weight is 563 g/mol. The Bertz CT molecular complexity index is 1350. The van der Waals surface area contributed by atoms with E-state index in [1.54, 1.807) is 10.3 Å². The number of carbonyl (C=O) groups excluding carboxylic acids is 3. The number of hydrogen-bond donors (Lipinski definition) is 2. The van der Waals surface area contributed by atoms with Gasteiger partial charge in [0, 0.05) is 60.8 Å². The molecule has 5 rings (SSSR count). The minimum atomic E-state index is -0.189. The molecule has 10 heteroatoms. The van der Waals surface area contributed by atoms with Crippen LogP contribution in [-0.4, -0.2) is 63.1 Å². The SMILES string of the molecule is CC(C)CCn1nc2c3c1CCC(C3)NC(=O)CCCN(C(=O)c1csc(-c3ccccc3)n1)CCCNC2=O. The number of hydrogen-bond acceptors (Lipinski definition) is 6. The van der Waals surface area contributed by atoms with Gasteiger partial charge in [0.25, 0.3) is 11.8 Å². The van der Waals surface area contributed by atoms with E-state index >= 15 is 0 Å². The Morgan fingerprint density at radius 3 is 2.73 bits per heavy atom. The van der Waals surface area contributed by atoms with E-state index < -0.39 is 0 Å². The minimum Gasteiger partial charge on any atom is -0.353 e. The lowest BCUT2D eigenvalue weighted by Gasteiger charge is -2.25. The number of aromatic nitrogens is 3. The van der Waals surface area contributed by atoms with E-state index in [1.165, 1.54) is 11.3 Å². The fraction of sp³-hybridized carbons (Fsp3) is 0.500. The summed E-state index contributed by atoms with van der Waals surface area (Å²) in [5, 5.41) is 13.5. The van der Waals surface area contributed by atoms with E-state index in [0.717, 1.165) is 47.6 Å². The Morgan fingerprint density at radius 1 is 1.12 bits per heavy atom. The van der Waals surface area contributed by atoms with Crippen LogP contribution in [-0.2, 0) is 24.2 Å². The topological polar surface area (TPSA) is 109 Å². The van der Waals surface area contributed by atoms with Crippen LogP contribution in [0, 0.1) is 5.92 Å². The van der Waals surface area contributed by atoms with Crippen molar-refractivity contribution in [3.05, 3.63) is 58.4 Å². The molecule has 0 radical (unpaired) electrons. The molecule has 3 amide bonds.